The normalized spacial score (nSPS) is 22.0. The number of amides is 1. The molecule has 1 aliphatic heterocycles. The van der Waals surface area contributed by atoms with E-state index < -0.39 is 0 Å². The molecule has 1 saturated heterocycles. The number of hydrogen-bond donors (Lipinski definition) is 2. The molecule has 6 nitrogen and oxygen atoms in total. The minimum atomic E-state index is -0.295. The highest BCUT2D eigenvalue weighted by Gasteiger charge is 2.34. The third kappa shape index (κ3) is 5.14. The molecule has 0 saturated carbocycles. The summed E-state index contributed by atoms with van der Waals surface area (Å²) in [6.07, 6.45) is 5.61. The molecule has 2 heterocycles. The number of rotatable bonds is 6. The number of aromatic nitrogens is 2. The maximum absolute atomic E-state index is 12.1. The van der Waals surface area contributed by atoms with E-state index in [2.05, 4.69) is 15.7 Å². The Labute approximate surface area is 137 Å². The number of methoxy groups -OCH3 is 1. The van der Waals surface area contributed by atoms with E-state index in [0.29, 0.717) is 13.2 Å². The molecule has 21 heavy (non-hydrogen) atoms. The van der Waals surface area contributed by atoms with Crippen LogP contribution in [0.2, 0.25) is 0 Å². The first-order chi connectivity index (χ1) is 9.17. The average Bonchev–Trinajstić information content (AvgIpc) is 3.07. The Kier molecular flexibility index (Phi) is 8.89. The molecular weight excluding hydrogens is 315 g/mol. The average molecular weight is 339 g/mol. The molecule has 1 aromatic heterocycles. The Morgan fingerprint density at radius 2 is 2.33 bits per heavy atom. The number of nitrogens with zero attached hydrogens (tertiary/aromatic N) is 2. The molecule has 0 radical (unpaired) electrons. The smallest absolute Gasteiger partial charge is 0.244 e. The predicted molar refractivity (Wildman–Crippen MR) is 86.3 cm³/mol. The molecule has 122 valence electrons. The van der Waals surface area contributed by atoms with Gasteiger partial charge in [0.2, 0.25) is 5.91 Å². The zero-order valence-electron chi connectivity index (χ0n) is 12.4. The van der Waals surface area contributed by atoms with Crippen molar-refractivity contribution in [2.24, 2.45) is 0 Å². The Balaban J connectivity index is 0.00000200. The lowest BCUT2D eigenvalue weighted by Crippen LogP contribution is -2.53. The number of nitrogens with one attached hydrogen (secondary N) is 2. The summed E-state index contributed by atoms with van der Waals surface area (Å²) in [5.74, 6) is -0.0205. The fourth-order valence-corrected chi connectivity index (χ4v) is 2.50. The summed E-state index contributed by atoms with van der Waals surface area (Å²) in [5.41, 5.74) is -0.117. The second-order valence-electron chi connectivity index (χ2n) is 5.12. The lowest BCUT2D eigenvalue weighted by Gasteiger charge is -2.29. The van der Waals surface area contributed by atoms with Crippen LogP contribution in [0.15, 0.2) is 18.5 Å². The van der Waals surface area contributed by atoms with E-state index in [1.165, 1.54) is 0 Å². The van der Waals surface area contributed by atoms with Gasteiger partial charge < -0.3 is 15.4 Å². The van der Waals surface area contributed by atoms with Crippen molar-refractivity contribution in [1.29, 1.82) is 0 Å². The largest absolute Gasteiger partial charge is 0.383 e. The molecule has 2 unspecified atom stereocenters. The molecule has 8 heteroatoms. The minimum Gasteiger partial charge on any atom is -0.383 e. The molecule has 0 aromatic carbocycles. The summed E-state index contributed by atoms with van der Waals surface area (Å²) < 4.78 is 6.92. The number of halogens is 2. The Morgan fingerprint density at radius 3 is 2.86 bits per heavy atom. The summed E-state index contributed by atoms with van der Waals surface area (Å²) in [6.45, 7) is 4.02. The number of carbonyl (C=O) groups is 1. The van der Waals surface area contributed by atoms with Crippen molar-refractivity contribution < 1.29 is 9.53 Å². The van der Waals surface area contributed by atoms with Gasteiger partial charge in [0.25, 0.3) is 0 Å². The predicted octanol–water partition coefficient (Wildman–Crippen LogP) is 1.17. The maximum atomic E-state index is 12.1. The van der Waals surface area contributed by atoms with Gasteiger partial charge in [-0.3, -0.25) is 9.48 Å². The van der Waals surface area contributed by atoms with Crippen LogP contribution in [0.5, 0.6) is 0 Å². The molecule has 0 bridgehead atoms. The van der Waals surface area contributed by atoms with Crippen LogP contribution < -0.4 is 10.6 Å². The fraction of sp³-hybridized carbons (Fsp3) is 0.692. The topological polar surface area (TPSA) is 68.2 Å². The van der Waals surface area contributed by atoms with Gasteiger partial charge >= 0.3 is 0 Å². The van der Waals surface area contributed by atoms with Crippen molar-refractivity contribution in [1.82, 2.24) is 20.4 Å². The highest BCUT2D eigenvalue weighted by Crippen LogP contribution is 2.19. The third-order valence-corrected chi connectivity index (χ3v) is 3.65. The van der Waals surface area contributed by atoms with Gasteiger partial charge in [-0.2, -0.15) is 5.10 Å². The van der Waals surface area contributed by atoms with E-state index in [9.17, 15) is 4.79 Å². The minimum absolute atomic E-state index is 0. The van der Waals surface area contributed by atoms with E-state index in [1.807, 2.05) is 13.0 Å². The molecule has 2 N–H and O–H groups in total. The van der Waals surface area contributed by atoms with E-state index in [-0.39, 0.29) is 42.3 Å². The van der Waals surface area contributed by atoms with Crippen molar-refractivity contribution in [3.63, 3.8) is 0 Å². The Hall–Kier alpha value is -0.820. The van der Waals surface area contributed by atoms with Crippen LogP contribution in [-0.2, 0) is 9.53 Å². The van der Waals surface area contributed by atoms with E-state index in [4.69, 9.17) is 4.74 Å². The fourth-order valence-electron chi connectivity index (χ4n) is 2.50. The van der Waals surface area contributed by atoms with Crippen molar-refractivity contribution in [3.8, 4) is 0 Å². The number of hydrogen-bond acceptors (Lipinski definition) is 4. The van der Waals surface area contributed by atoms with Crippen LogP contribution >= 0.6 is 24.8 Å². The highest BCUT2D eigenvalue weighted by molar-refractivity contribution is 5.85. The molecular formula is C13H24Cl2N4O2. The van der Waals surface area contributed by atoms with Crippen molar-refractivity contribution in [2.45, 2.75) is 31.3 Å². The second-order valence-corrected chi connectivity index (χ2v) is 5.12. The number of ether oxygens (including phenoxy) is 1. The number of carbonyl (C=O) groups excluding carboxylic acids is 1. The van der Waals surface area contributed by atoms with E-state index in [1.54, 1.807) is 24.2 Å². The lowest BCUT2D eigenvalue weighted by molar-refractivity contribution is -0.124. The summed E-state index contributed by atoms with van der Waals surface area (Å²) in [6, 6.07) is 1.52. The van der Waals surface area contributed by atoms with Crippen LogP contribution in [0.1, 0.15) is 25.8 Å². The van der Waals surface area contributed by atoms with Crippen molar-refractivity contribution in [2.75, 3.05) is 26.8 Å². The lowest BCUT2D eigenvalue weighted by atomic mass is 9.98. The standard InChI is InChI=1S/C13H22N4O2.2ClH/c1-11(17-8-4-7-16-17)12(18)14-9-13(10-19-2)5-3-6-15-13;;/h4,7-8,11,15H,3,5-6,9-10H2,1-2H3,(H,14,18);2*1H. The summed E-state index contributed by atoms with van der Waals surface area (Å²) >= 11 is 0. The quantitative estimate of drug-likeness (QED) is 0.817. The van der Waals surface area contributed by atoms with E-state index >= 15 is 0 Å². The molecule has 0 aliphatic carbocycles. The molecule has 2 atom stereocenters. The second kappa shape index (κ2) is 9.25. The van der Waals surface area contributed by atoms with E-state index in [0.717, 1.165) is 19.4 Å². The molecule has 1 aromatic rings. The zero-order chi connectivity index (χ0) is 13.7. The van der Waals surface area contributed by atoms with Crippen LogP contribution in [0, 0.1) is 0 Å². The maximum Gasteiger partial charge on any atom is 0.244 e. The van der Waals surface area contributed by atoms with Crippen LogP contribution in [0.3, 0.4) is 0 Å². The summed E-state index contributed by atoms with van der Waals surface area (Å²) in [4.78, 5) is 12.1. The Bertz CT molecular complexity index is 408. The van der Waals surface area contributed by atoms with Crippen LogP contribution in [-0.4, -0.2) is 48.0 Å². The summed E-state index contributed by atoms with van der Waals surface area (Å²) in [7, 11) is 1.69. The first-order valence-corrected chi connectivity index (χ1v) is 6.68. The zero-order valence-corrected chi connectivity index (χ0v) is 14.0. The van der Waals surface area contributed by atoms with Crippen molar-refractivity contribution >= 4 is 30.7 Å². The first-order valence-electron chi connectivity index (χ1n) is 6.68. The van der Waals surface area contributed by atoms with Gasteiger partial charge in [-0.15, -0.1) is 24.8 Å². The van der Waals surface area contributed by atoms with Crippen LogP contribution in [0.25, 0.3) is 0 Å². The van der Waals surface area contributed by atoms with Gasteiger partial charge in [0.05, 0.1) is 12.1 Å². The molecule has 1 aliphatic rings. The van der Waals surface area contributed by atoms with Crippen molar-refractivity contribution in [3.05, 3.63) is 18.5 Å². The third-order valence-electron chi connectivity index (χ3n) is 3.65. The Morgan fingerprint density at radius 1 is 1.57 bits per heavy atom. The molecule has 1 fully saturated rings. The van der Waals surface area contributed by atoms with Gasteiger partial charge in [-0.05, 0) is 32.4 Å². The van der Waals surface area contributed by atoms with Gasteiger partial charge in [-0.25, -0.2) is 0 Å². The van der Waals surface area contributed by atoms with Crippen LogP contribution in [0.4, 0.5) is 0 Å². The molecule has 2 rings (SSSR count). The highest BCUT2D eigenvalue weighted by atomic mass is 35.5. The van der Waals surface area contributed by atoms with Gasteiger partial charge in [0.15, 0.2) is 0 Å². The van der Waals surface area contributed by atoms with Gasteiger partial charge in [-0.1, -0.05) is 0 Å². The first kappa shape index (κ1) is 20.2. The summed E-state index contributed by atoms with van der Waals surface area (Å²) in [5, 5.41) is 10.5. The monoisotopic (exact) mass is 338 g/mol. The van der Waals surface area contributed by atoms with Gasteiger partial charge in [0, 0.05) is 26.0 Å². The molecule has 1 amide bonds. The SMILES string of the molecule is COCC1(CNC(=O)C(C)n2cccn2)CCCN1.Cl.Cl. The molecule has 0 spiro atoms. The van der Waals surface area contributed by atoms with Gasteiger partial charge in [0.1, 0.15) is 6.04 Å².